The molecule has 0 atom stereocenters. The lowest BCUT2D eigenvalue weighted by Gasteiger charge is -2.28. The lowest BCUT2D eigenvalue weighted by molar-refractivity contribution is 0.205. The first kappa shape index (κ1) is 12.8. The van der Waals surface area contributed by atoms with Gasteiger partial charge in [-0.2, -0.15) is 12.7 Å². The summed E-state index contributed by atoms with van der Waals surface area (Å²) in [7, 11) is -3.89. The maximum atomic E-state index is 11.7. The van der Waals surface area contributed by atoms with Gasteiger partial charge in [0.1, 0.15) is 0 Å². The van der Waals surface area contributed by atoms with Crippen LogP contribution in [-0.2, 0) is 14.9 Å². The van der Waals surface area contributed by atoms with Gasteiger partial charge in [-0.1, -0.05) is 0 Å². The number of amidine groups is 1. The Hall–Kier alpha value is -1.31. The molecule has 0 aromatic rings. The third kappa shape index (κ3) is 2.63. The number of amides is 2. The molecule has 92 valence electrons. The first-order valence-electron chi connectivity index (χ1n) is 4.85. The quantitative estimate of drug-likeness (QED) is 0.769. The molecule has 0 saturated heterocycles. The SMILES string of the molecule is CC(C)OC1=NC(=O)N(C(C)C)S(=O)(=O)N1. The maximum absolute atomic E-state index is 11.7. The zero-order chi connectivity index (χ0) is 12.5. The highest BCUT2D eigenvalue weighted by Crippen LogP contribution is 2.12. The second-order valence-electron chi connectivity index (χ2n) is 3.86. The van der Waals surface area contributed by atoms with E-state index in [1.54, 1.807) is 27.7 Å². The van der Waals surface area contributed by atoms with E-state index in [1.807, 2.05) is 0 Å². The molecule has 16 heavy (non-hydrogen) atoms. The summed E-state index contributed by atoms with van der Waals surface area (Å²) in [6, 6.07) is -1.62. The minimum absolute atomic E-state index is 0.264. The number of carbonyl (C=O) groups excluding carboxylic acids is 1. The Balaban J connectivity index is 3.02. The van der Waals surface area contributed by atoms with Crippen molar-refractivity contribution < 1.29 is 17.9 Å². The van der Waals surface area contributed by atoms with Gasteiger partial charge in [-0.15, -0.1) is 4.99 Å². The standard InChI is InChI=1S/C8H15N3O4S/c1-5(2)11-8(12)9-7(15-6(3)4)10-16(11,13)14/h5-6H,1-4H3,(H,9,10,12). The van der Waals surface area contributed by atoms with Crippen LogP contribution in [0.1, 0.15) is 27.7 Å². The van der Waals surface area contributed by atoms with Gasteiger partial charge in [-0.25, -0.2) is 9.52 Å². The smallest absolute Gasteiger partial charge is 0.363 e. The molecule has 0 unspecified atom stereocenters. The van der Waals surface area contributed by atoms with Crippen molar-refractivity contribution in [1.82, 2.24) is 9.03 Å². The van der Waals surface area contributed by atoms with E-state index in [1.165, 1.54) is 0 Å². The van der Waals surface area contributed by atoms with Crippen molar-refractivity contribution in [3.8, 4) is 0 Å². The Bertz CT molecular complexity index is 413. The van der Waals surface area contributed by atoms with Gasteiger partial charge in [0.25, 0.3) is 0 Å². The number of nitrogens with one attached hydrogen (secondary N) is 1. The predicted octanol–water partition coefficient (Wildman–Crippen LogP) is 0.446. The van der Waals surface area contributed by atoms with Gasteiger partial charge in [-0.05, 0) is 27.7 Å². The van der Waals surface area contributed by atoms with E-state index in [9.17, 15) is 13.2 Å². The van der Waals surface area contributed by atoms with E-state index in [0.717, 1.165) is 0 Å². The van der Waals surface area contributed by atoms with E-state index in [-0.39, 0.29) is 12.1 Å². The first-order valence-corrected chi connectivity index (χ1v) is 6.29. The van der Waals surface area contributed by atoms with Crippen LogP contribution < -0.4 is 4.72 Å². The third-order valence-corrected chi connectivity index (χ3v) is 3.21. The number of carbonyl (C=O) groups is 1. The summed E-state index contributed by atoms with van der Waals surface area (Å²) in [5.74, 6) is 0. The molecule has 8 heteroatoms. The normalized spacial score (nSPS) is 19.8. The van der Waals surface area contributed by atoms with Crippen LogP contribution in [0, 0.1) is 0 Å². The highest BCUT2D eigenvalue weighted by atomic mass is 32.2. The second-order valence-corrected chi connectivity index (χ2v) is 5.41. The molecule has 1 N–H and O–H groups in total. The van der Waals surface area contributed by atoms with Crippen molar-refractivity contribution in [3.05, 3.63) is 0 Å². The lowest BCUT2D eigenvalue weighted by atomic mass is 10.4. The number of hydrogen-bond acceptors (Lipinski definition) is 4. The Labute approximate surface area is 94.7 Å². The summed E-state index contributed by atoms with van der Waals surface area (Å²) in [5.41, 5.74) is 0. The van der Waals surface area contributed by atoms with Gasteiger partial charge in [0.15, 0.2) is 0 Å². The van der Waals surface area contributed by atoms with Crippen molar-refractivity contribution in [3.63, 3.8) is 0 Å². The molecule has 0 aliphatic carbocycles. The Morgan fingerprint density at radius 1 is 1.31 bits per heavy atom. The fourth-order valence-corrected chi connectivity index (χ4v) is 2.41. The van der Waals surface area contributed by atoms with Gasteiger partial charge < -0.3 is 4.74 Å². The largest absolute Gasteiger partial charge is 0.461 e. The van der Waals surface area contributed by atoms with Crippen molar-refractivity contribution in [2.24, 2.45) is 4.99 Å². The van der Waals surface area contributed by atoms with Gasteiger partial charge in [-0.3, -0.25) is 0 Å². The summed E-state index contributed by atoms with van der Waals surface area (Å²) in [6.07, 6.45) is -0.264. The fraction of sp³-hybridized carbons (Fsp3) is 0.750. The minimum Gasteiger partial charge on any atom is -0.461 e. The number of hydrogen-bond donors (Lipinski definition) is 1. The number of rotatable bonds is 2. The van der Waals surface area contributed by atoms with Gasteiger partial charge in [0.2, 0.25) is 0 Å². The van der Waals surface area contributed by atoms with E-state index < -0.39 is 22.3 Å². The average molecular weight is 249 g/mol. The van der Waals surface area contributed by atoms with Gasteiger partial charge in [0, 0.05) is 6.04 Å². The van der Waals surface area contributed by atoms with Crippen molar-refractivity contribution >= 4 is 22.3 Å². The maximum Gasteiger partial charge on any atom is 0.363 e. The molecule has 0 saturated carbocycles. The van der Waals surface area contributed by atoms with Crippen molar-refractivity contribution in [1.29, 1.82) is 0 Å². The molecule has 0 radical (unpaired) electrons. The Morgan fingerprint density at radius 2 is 1.88 bits per heavy atom. The number of urea groups is 1. The number of aliphatic imine (C=N–C) groups is 1. The Morgan fingerprint density at radius 3 is 2.25 bits per heavy atom. The van der Waals surface area contributed by atoms with Crippen LogP contribution >= 0.6 is 0 Å². The van der Waals surface area contributed by atoms with Gasteiger partial charge >= 0.3 is 22.3 Å². The summed E-state index contributed by atoms with van der Waals surface area (Å²) in [5, 5.41) is 0. The van der Waals surface area contributed by atoms with Crippen LogP contribution in [0.2, 0.25) is 0 Å². The molecule has 1 aliphatic rings. The molecule has 2 amide bonds. The van der Waals surface area contributed by atoms with E-state index in [4.69, 9.17) is 4.74 Å². The topological polar surface area (TPSA) is 88.1 Å². The molecule has 0 spiro atoms. The summed E-state index contributed by atoms with van der Waals surface area (Å²) in [6.45, 7) is 6.58. The van der Waals surface area contributed by atoms with Crippen LogP contribution in [0.25, 0.3) is 0 Å². The fourth-order valence-electron chi connectivity index (χ4n) is 1.19. The average Bonchev–Trinajstić information content (AvgIpc) is 1.96. The molecule has 7 nitrogen and oxygen atoms in total. The van der Waals surface area contributed by atoms with Crippen LogP contribution in [0.4, 0.5) is 4.79 Å². The molecule has 1 aliphatic heterocycles. The van der Waals surface area contributed by atoms with E-state index >= 15 is 0 Å². The van der Waals surface area contributed by atoms with Crippen LogP contribution in [0.15, 0.2) is 4.99 Å². The zero-order valence-corrected chi connectivity index (χ0v) is 10.4. The molecular weight excluding hydrogens is 234 g/mol. The van der Waals surface area contributed by atoms with E-state index in [2.05, 4.69) is 9.71 Å². The number of ether oxygens (including phenoxy) is 1. The van der Waals surface area contributed by atoms with Crippen LogP contribution in [0.3, 0.4) is 0 Å². The molecule has 0 fully saturated rings. The summed E-state index contributed by atoms with van der Waals surface area (Å²) in [4.78, 5) is 15.0. The molecule has 1 heterocycles. The zero-order valence-electron chi connectivity index (χ0n) is 9.59. The highest BCUT2D eigenvalue weighted by molar-refractivity contribution is 7.88. The number of nitrogens with zero attached hydrogens (tertiary/aromatic N) is 2. The lowest BCUT2D eigenvalue weighted by Crippen LogP contribution is -2.53. The molecule has 1 rings (SSSR count). The second kappa shape index (κ2) is 4.28. The van der Waals surface area contributed by atoms with Crippen molar-refractivity contribution in [2.45, 2.75) is 39.8 Å². The summed E-state index contributed by atoms with van der Waals surface area (Å²) < 4.78 is 31.1. The highest BCUT2D eigenvalue weighted by Gasteiger charge is 2.36. The van der Waals surface area contributed by atoms with Crippen molar-refractivity contribution in [2.75, 3.05) is 0 Å². The first-order chi connectivity index (χ1) is 7.24. The molecule has 0 aromatic carbocycles. The van der Waals surface area contributed by atoms with Crippen LogP contribution in [-0.4, -0.2) is 36.9 Å². The summed E-state index contributed by atoms with van der Waals surface area (Å²) >= 11 is 0. The molecule has 0 bridgehead atoms. The minimum atomic E-state index is -3.89. The third-order valence-electron chi connectivity index (χ3n) is 1.68. The Kier molecular flexibility index (Phi) is 3.41. The predicted molar refractivity (Wildman–Crippen MR) is 58.1 cm³/mol. The van der Waals surface area contributed by atoms with E-state index in [0.29, 0.717) is 4.31 Å². The molecule has 0 aromatic heterocycles. The monoisotopic (exact) mass is 249 g/mol. The van der Waals surface area contributed by atoms with Gasteiger partial charge in [0.05, 0.1) is 6.10 Å². The van der Waals surface area contributed by atoms with Crippen LogP contribution in [0.5, 0.6) is 0 Å². The molecular formula is C8H15N3O4S.